The van der Waals surface area contributed by atoms with Crippen LogP contribution >= 0.6 is 0 Å². The van der Waals surface area contributed by atoms with E-state index in [-0.39, 0.29) is 24.4 Å². The standard InChI is InChI=1S/C24H28O6/c1-23(2)25-14-18(28-23)19-20(21-22(27-19)30-24(3,4)29-21)26-17-12-10-16(11-13-17)15-8-6-5-7-9-15/h5-13,18-22H,14H2,1-4H3/t18-,19-,20+,21-,22-/m1/s1. The summed E-state index contributed by atoms with van der Waals surface area (Å²) in [5, 5.41) is 0. The number of fused-ring (bicyclic) bond motifs is 1. The summed E-state index contributed by atoms with van der Waals surface area (Å²) in [4.78, 5) is 0. The van der Waals surface area contributed by atoms with Crippen molar-refractivity contribution < 1.29 is 28.4 Å². The number of benzene rings is 2. The lowest BCUT2D eigenvalue weighted by Gasteiger charge is -2.29. The largest absolute Gasteiger partial charge is 0.485 e. The van der Waals surface area contributed by atoms with Crippen LogP contribution in [0, 0.1) is 0 Å². The summed E-state index contributed by atoms with van der Waals surface area (Å²) in [5.41, 5.74) is 2.30. The van der Waals surface area contributed by atoms with Crippen LogP contribution in [0.1, 0.15) is 27.7 Å². The number of hydrogen-bond donors (Lipinski definition) is 0. The fourth-order valence-electron chi connectivity index (χ4n) is 4.33. The van der Waals surface area contributed by atoms with E-state index in [1.807, 2.05) is 58.0 Å². The van der Waals surface area contributed by atoms with Gasteiger partial charge in [0.1, 0.15) is 18.0 Å². The first-order valence-corrected chi connectivity index (χ1v) is 10.4. The molecule has 6 nitrogen and oxygen atoms in total. The molecule has 6 heteroatoms. The minimum atomic E-state index is -0.717. The lowest BCUT2D eigenvalue weighted by Crippen LogP contribution is -2.45. The predicted octanol–water partition coefficient (Wildman–Crippen LogP) is 4.13. The van der Waals surface area contributed by atoms with Crippen molar-refractivity contribution in [3.05, 3.63) is 54.6 Å². The van der Waals surface area contributed by atoms with Crippen LogP contribution in [0.2, 0.25) is 0 Å². The van der Waals surface area contributed by atoms with Gasteiger partial charge in [-0.3, -0.25) is 0 Å². The molecule has 0 aromatic heterocycles. The first kappa shape index (κ1) is 20.0. The van der Waals surface area contributed by atoms with Crippen molar-refractivity contribution in [2.24, 2.45) is 0 Å². The molecule has 3 fully saturated rings. The van der Waals surface area contributed by atoms with Crippen molar-refractivity contribution in [3.63, 3.8) is 0 Å². The third-order valence-electron chi connectivity index (χ3n) is 5.66. The topological polar surface area (TPSA) is 55.4 Å². The zero-order valence-corrected chi connectivity index (χ0v) is 17.7. The summed E-state index contributed by atoms with van der Waals surface area (Å²) in [7, 11) is 0. The molecule has 0 N–H and O–H groups in total. The van der Waals surface area contributed by atoms with Crippen LogP contribution in [0.25, 0.3) is 11.1 Å². The predicted molar refractivity (Wildman–Crippen MR) is 110 cm³/mol. The monoisotopic (exact) mass is 412 g/mol. The molecule has 160 valence electrons. The molecule has 5 rings (SSSR count). The van der Waals surface area contributed by atoms with E-state index in [0.717, 1.165) is 11.3 Å². The van der Waals surface area contributed by atoms with Crippen LogP contribution in [0.15, 0.2) is 54.6 Å². The van der Waals surface area contributed by atoms with Crippen molar-refractivity contribution in [2.75, 3.05) is 6.61 Å². The van der Waals surface area contributed by atoms with E-state index >= 15 is 0 Å². The Balaban J connectivity index is 1.37. The molecule has 0 radical (unpaired) electrons. The van der Waals surface area contributed by atoms with Gasteiger partial charge in [0, 0.05) is 0 Å². The molecule has 30 heavy (non-hydrogen) atoms. The average Bonchev–Trinajstić information content (AvgIpc) is 3.33. The number of ether oxygens (including phenoxy) is 6. The molecule has 0 unspecified atom stereocenters. The molecule has 2 aromatic rings. The van der Waals surface area contributed by atoms with E-state index in [1.165, 1.54) is 5.56 Å². The SMILES string of the molecule is CC1(C)O[C@H]2O[C@H]([C@H]3COC(C)(C)O3)[C@H](Oc3ccc(-c4ccccc4)cc3)[C@H]2O1. The molecular formula is C24H28O6. The molecule has 0 bridgehead atoms. The smallest absolute Gasteiger partial charge is 0.191 e. The zero-order valence-electron chi connectivity index (χ0n) is 17.7. The third kappa shape index (κ3) is 3.86. The lowest BCUT2D eigenvalue weighted by atomic mass is 10.0. The molecule has 0 aliphatic carbocycles. The summed E-state index contributed by atoms with van der Waals surface area (Å²) in [6.07, 6.45) is -1.82. The van der Waals surface area contributed by atoms with Crippen LogP contribution in [-0.2, 0) is 23.7 Å². The van der Waals surface area contributed by atoms with E-state index in [4.69, 9.17) is 28.4 Å². The second kappa shape index (κ2) is 7.32. The Morgan fingerprint density at radius 1 is 0.767 bits per heavy atom. The second-order valence-corrected chi connectivity index (χ2v) is 8.91. The van der Waals surface area contributed by atoms with Gasteiger partial charge in [-0.2, -0.15) is 0 Å². The van der Waals surface area contributed by atoms with E-state index in [9.17, 15) is 0 Å². The molecule has 3 aliphatic heterocycles. The Bertz CT molecular complexity index is 878. The van der Waals surface area contributed by atoms with Crippen molar-refractivity contribution in [1.82, 2.24) is 0 Å². The van der Waals surface area contributed by atoms with E-state index in [1.54, 1.807) is 0 Å². The highest BCUT2D eigenvalue weighted by atomic mass is 16.8. The number of rotatable bonds is 4. The molecular weight excluding hydrogens is 384 g/mol. The highest BCUT2D eigenvalue weighted by molar-refractivity contribution is 5.63. The second-order valence-electron chi connectivity index (χ2n) is 8.91. The highest BCUT2D eigenvalue weighted by Crippen LogP contribution is 2.42. The maximum atomic E-state index is 6.40. The van der Waals surface area contributed by atoms with Gasteiger partial charge in [-0.05, 0) is 51.0 Å². The Kier molecular flexibility index (Phi) is 4.87. The summed E-state index contributed by atoms with van der Waals surface area (Å²) in [5.74, 6) is -0.611. The summed E-state index contributed by atoms with van der Waals surface area (Å²) in [6.45, 7) is 8.00. The Morgan fingerprint density at radius 2 is 1.47 bits per heavy atom. The van der Waals surface area contributed by atoms with Gasteiger partial charge >= 0.3 is 0 Å². The van der Waals surface area contributed by atoms with E-state index < -0.39 is 17.9 Å². The van der Waals surface area contributed by atoms with Crippen molar-refractivity contribution >= 4 is 0 Å². The third-order valence-corrected chi connectivity index (χ3v) is 5.66. The Hall–Kier alpha value is -1.96. The van der Waals surface area contributed by atoms with Crippen LogP contribution in [0.3, 0.4) is 0 Å². The molecule has 0 saturated carbocycles. The molecule has 3 saturated heterocycles. The normalized spacial score (nSPS) is 34.1. The van der Waals surface area contributed by atoms with Crippen LogP contribution < -0.4 is 4.74 Å². The van der Waals surface area contributed by atoms with Crippen LogP contribution in [0.4, 0.5) is 0 Å². The molecule has 2 aromatic carbocycles. The van der Waals surface area contributed by atoms with Gasteiger partial charge in [0.25, 0.3) is 0 Å². The minimum Gasteiger partial charge on any atom is -0.485 e. The van der Waals surface area contributed by atoms with Crippen molar-refractivity contribution in [3.8, 4) is 16.9 Å². The first-order chi connectivity index (χ1) is 14.3. The summed E-state index contributed by atoms with van der Waals surface area (Å²) < 4.78 is 36.5. The summed E-state index contributed by atoms with van der Waals surface area (Å²) in [6, 6.07) is 18.3. The maximum absolute atomic E-state index is 6.40. The Labute approximate surface area is 177 Å². The highest BCUT2D eigenvalue weighted by Gasteiger charge is 2.59. The maximum Gasteiger partial charge on any atom is 0.191 e. The fourth-order valence-corrected chi connectivity index (χ4v) is 4.33. The molecule has 3 aliphatic rings. The van der Waals surface area contributed by atoms with Crippen LogP contribution in [-0.4, -0.2) is 48.9 Å². The lowest BCUT2D eigenvalue weighted by molar-refractivity contribution is -0.230. The van der Waals surface area contributed by atoms with Gasteiger partial charge in [-0.25, -0.2) is 0 Å². The molecule has 3 heterocycles. The first-order valence-electron chi connectivity index (χ1n) is 10.4. The van der Waals surface area contributed by atoms with Gasteiger partial charge in [0.15, 0.2) is 30.1 Å². The minimum absolute atomic E-state index is 0.255. The summed E-state index contributed by atoms with van der Waals surface area (Å²) >= 11 is 0. The fraction of sp³-hybridized carbons (Fsp3) is 0.500. The molecule has 5 atom stereocenters. The van der Waals surface area contributed by atoms with E-state index in [0.29, 0.717) is 6.61 Å². The Morgan fingerprint density at radius 3 is 2.13 bits per heavy atom. The van der Waals surface area contributed by atoms with Gasteiger partial charge in [-0.15, -0.1) is 0 Å². The van der Waals surface area contributed by atoms with Gasteiger partial charge < -0.3 is 28.4 Å². The average molecular weight is 412 g/mol. The quantitative estimate of drug-likeness (QED) is 0.753. The number of hydrogen-bond acceptors (Lipinski definition) is 6. The van der Waals surface area contributed by atoms with Crippen LogP contribution in [0.5, 0.6) is 5.75 Å². The van der Waals surface area contributed by atoms with Gasteiger partial charge in [0.05, 0.1) is 6.61 Å². The van der Waals surface area contributed by atoms with E-state index in [2.05, 4.69) is 24.3 Å². The molecule has 0 spiro atoms. The zero-order chi connectivity index (χ0) is 20.9. The molecule has 0 amide bonds. The van der Waals surface area contributed by atoms with Crippen molar-refractivity contribution in [1.29, 1.82) is 0 Å². The van der Waals surface area contributed by atoms with Gasteiger partial charge in [0.2, 0.25) is 0 Å². The van der Waals surface area contributed by atoms with Gasteiger partial charge in [-0.1, -0.05) is 42.5 Å². The van der Waals surface area contributed by atoms with Crippen molar-refractivity contribution in [2.45, 2.75) is 70.0 Å².